The molecule has 1 aromatic heterocycles. The Morgan fingerprint density at radius 1 is 1.07 bits per heavy atom. The van der Waals surface area contributed by atoms with Crippen molar-refractivity contribution >= 4 is 34.1 Å². The van der Waals surface area contributed by atoms with E-state index in [1.165, 1.54) is 0 Å². The van der Waals surface area contributed by atoms with Gasteiger partial charge in [0.25, 0.3) is 0 Å². The maximum atomic E-state index is 12.8. The highest BCUT2D eigenvalue weighted by atomic mass is 35.5. The van der Waals surface area contributed by atoms with Crippen LogP contribution in [0.25, 0.3) is 10.9 Å². The number of methoxy groups -OCH3 is 1. The van der Waals surface area contributed by atoms with Crippen molar-refractivity contribution in [2.75, 3.05) is 38.2 Å². The van der Waals surface area contributed by atoms with E-state index >= 15 is 0 Å². The molecule has 1 fully saturated rings. The number of aromatic nitrogens is 1. The zero-order valence-electron chi connectivity index (χ0n) is 15.3. The Hall–Kier alpha value is -2.66. The third-order valence-electron chi connectivity index (χ3n) is 5.09. The van der Waals surface area contributed by atoms with Crippen LogP contribution in [0.5, 0.6) is 5.75 Å². The number of fused-ring (bicyclic) bond motifs is 1. The molecule has 2 aromatic carbocycles. The van der Waals surface area contributed by atoms with Gasteiger partial charge in [-0.05, 0) is 42.5 Å². The van der Waals surface area contributed by atoms with Crippen molar-refractivity contribution in [2.24, 2.45) is 0 Å². The third-order valence-corrected chi connectivity index (χ3v) is 5.32. The summed E-state index contributed by atoms with van der Waals surface area (Å²) in [6.45, 7) is 3.43. The summed E-state index contributed by atoms with van der Waals surface area (Å²) in [5.74, 6) is 0.970. The standard InChI is InChI=1S/C21H22ClN3O2/c1-27-19-5-6-20-16(13-19)7-8-25(20)15-21(26)24-11-9-23(10-12-24)18-4-2-3-17(22)14-18/h2-8,13-14H,9-12,15H2,1H3. The Morgan fingerprint density at radius 3 is 2.63 bits per heavy atom. The van der Waals surface area contributed by atoms with E-state index in [1.54, 1.807) is 7.11 Å². The van der Waals surface area contributed by atoms with E-state index in [0.29, 0.717) is 6.54 Å². The first-order valence-corrected chi connectivity index (χ1v) is 9.43. The second-order valence-electron chi connectivity index (χ2n) is 6.72. The van der Waals surface area contributed by atoms with E-state index in [9.17, 15) is 4.79 Å². The van der Waals surface area contributed by atoms with Crippen LogP contribution in [0.3, 0.4) is 0 Å². The predicted octanol–water partition coefficient (Wildman–Crippen LogP) is 3.65. The molecule has 0 radical (unpaired) electrons. The number of rotatable bonds is 4. The van der Waals surface area contributed by atoms with Gasteiger partial charge in [0, 0.05) is 54.0 Å². The van der Waals surface area contributed by atoms with Gasteiger partial charge in [-0.2, -0.15) is 0 Å². The third kappa shape index (κ3) is 3.74. The molecule has 2 heterocycles. The van der Waals surface area contributed by atoms with E-state index in [-0.39, 0.29) is 5.91 Å². The fraction of sp³-hybridized carbons (Fsp3) is 0.286. The molecule has 1 saturated heterocycles. The number of anilines is 1. The largest absolute Gasteiger partial charge is 0.497 e. The van der Waals surface area contributed by atoms with Crippen LogP contribution >= 0.6 is 11.6 Å². The molecule has 3 aromatic rings. The van der Waals surface area contributed by atoms with Gasteiger partial charge in [-0.1, -0.05) is 17.7 Å². The highest BCUT2D eigenvalue weighted by molar-refractivity contribution is 6.30. The number of benzene rings is 2. The molecule has 140 valence electrons. The molecule has 27 heavy (non-hydrogen) atoms. The van der Waals surface area contributed by atoms with Crippen molar-refractivity contribution < 1.29 is 9.53 Å². The molecule has 0 aliphatic carbocycles. The zero-order valence-corrected chi connectivity index (χ0v) is 16.0. The van der Waals surface area contributed by atoms with Crippen LogP contribution in [0.2, 0.25) is 5.02 Å². The topological polar surface area (TPSA) is 37.7 Å². The molecule has 4 rings (SSSR count). The molecule has 0 spiro atoms. The van der Waals surface area contributed by atoms with Crippen LogP contribution < -0.4 is 9.64 Å². The summed E-state index contributed by atoms with van der Waals surface area (Å²) in [5, 5.41) is 1.81. The van der Waals surface area contributed by atoms with Gasteiger partial charge >= 0.3 is 0 Å². The minimum Gasteiger partial charge on any atom is -0.497 e. The average molecular weight is 384 g/mol. The summed E-state index contributed by atoms with van der Waals surface area (Å²) < 4.78 is 7.26. The van der Waals surface area contributed by atoms with Gasteiger partial charge in [0.2, 0.25) is 5.91 Å². The summed E-state index contributed by atoms with van der Waals surface area (Å²) in [6.07, 6.45) is 1.96. The lowest BCUT2D eigenvalue weighted by molar-refractivity contribution is -0.132. The predicted molar refractivity (Wildman–Crippen MR) is 109 cm³/mol. The van der Waals surface area contributed by atoms with E-state index in [4.69, 9.17) is 16.3 Å². The number of carbonyl (C=O) groups excluding carboxylic acids is 1. The Bertz CT molecular complexity index is 961. The molecule has 0 N–H and O–H groups in total. The molecule has 1 amide bonds. The smallest absolute Gasteiger partial charge is 0.242 e. The van der Waals surface area contributed by atoms with Crippen LogP contribution in [-0.2, 0) is 11.3 Å². The van der Waals surface area contributed by atoms with Crippen LogP contribution in [0.4, 0.5) is 5.69 Å². The van der Waals surface area contributed by atoms with Crippen molar-refractivity contribution in [1.29, 1.82) is 0 Å². The number of amides is 1. The minimum absolute atomic E-state index is 0.147. The lowest BCUT2D eigenvalue weighted by Crippen LogP contribution is -2.49. The first kappa shape index (κ1) is 17.7. The van der Waals surface area contributed by atoms with Gasteiger partial charge in [0.15, 0.2) is 0 Å². The summed E-state index contributed by atoms with van der Waals surface area (Å²) in [4.78, 5) is 17.0. The number of halogens is 1. The van der Waals surface area contributed by atoms with E-state index in [0.717, 1.165) is 53.5 Å². The van der Waals surface area contributed by atoms with Crippen LogP contribution in [-0.4, -0.2) is 48.7 Å². The Balaban J connectivity index is 1.40. The molecule has 6 heteroatoms. The number of piperazine rings is 1. The van der Waals surface area contributed by atoms with E-state index in [1.807, 2.05) is 58.1 Å². The number of hydrogen-bond acceptors (Lipinski definition) is 3. The van der Waals surface area contributed by atoms with Gasteiger partial charge in [-0.15, -0.1) is 0 Å². The van der Waals surface area contributed by atoms with Crippen molar-refractivity contribution in [3.63, 3.8) is 0 Å². The molecule has 0 atom stereocenters. The van der Waals surface area contributed by atoms with E-state index < -0.39 is 0 Å². The Kier molecular flexibility index (Phi) is 4.94. The van der Waals surface area contributed by atoms with Gasteiger partial charge in [-0.3, -0.25) is 4.79 Å². The van der Waals surface area contributed by atoms with Crippen molar-refractivity contribution in [1.82, 2.24) is 9.47 Å². The fourth-order valence-corrected chi connectivity index (χ4v) is 3.76. The molecule has 0 saturated carbocycles. The second-order valence-corrected chi connectivity index (χ2v) is 7.15. The molecular formula is C21H22ClN3O2. The normalized spacial score (nSPS) is 14.6. The first-order valence-electron chi connectivity index (χ1n) is 9.05. The zero-order chi connectivity index (χ0) is 18.8. The summed E-state index contributed by atoms with van der Waals surface area (Å²) in [5.41, 5.74) is 2.15. The highest BCUT2D eigenvalue weighted by Crippen LogP contribution is 2.23. The SMILES string of the molecule is COc1ccc2c(ccn2CC(=O)N2CCN(c3cccc(Cl)c3)CC2)c1. The number of nitrogens with zero attached hydrogens (tertiary/aromatic N) is 3. The molecule has 5 nitrogen and oxygen atoms in total. The van der Waals surface area contributed by atoms with E-state index in [2.05, 4.69) is 11.0 Å². The molecular weight excluding hydrogens is 362 g/mol. The number of ether oxygens (including phenoxy) is 1. The molecule has 0 unspecified atom stereocenters. The van der Waals surface area contributed by atoms with Crippen LogP contribution in [0.15, 0.2) is 54.7 Å². The van der Waals surface area contributed by atoms with Gasteiger partial charge in [-0.25, -0.2) is 0 Å². The minimum atomic E-state index is 0.147. The molecule has 0 bridgehead atoms. The highest BCUT2D eigenvalue weighted by Gasteiger charge is 2.22. The number of hydrogen-bond donors (Lipinski definition) is 0. The van der Waals surface area contributed by atoms with Crippen molar-refractivity contribution in [3.05, 3.63) is 59.8 Å². The first-order chi connectivity index (χ1) is 13.1. The second kappa shape index (κ2) is 7.53. The van der Waals surface area contributed by atoms with Gasteiger partial charge in [0.1, 0.15) is 12.3 Å². The average Bonchev–Trinajstić information content (AvgIpc) is 3.10. The Labute approximate surface area is 163 Å². The van der Waals surface area contributed by atoms with Crippen molar-refractivity contribution in [3.8, 4) is 5.75 Å². The summed E-state index contributed by atoms with van der Waals surface area (Å²) in [7, 11) is 1.66. The molecule has 1 aliphatic rings. The van der Waals surface area contributed by atoms with Crippen LogP contribution in [0, 0.1) is 0 Å². The van der Waals surface area contributed by atoms with Crippen LogP contribution in [0.1, 0.15) is 0 Å². The monoisotopic (exact) mass is 383 g/mol. The number of carbonyl (C=O) groups is 1. The maximum Gasteiger partial charge on any atom is 0.242 e. The quantitative estimate of drug-likeness (QED) is 0.690. The lowest BCUT2D eigenvalue weighted by atomic mass is 10.2. The molecule has 1 aliphatic heterocycles. The summed E-state index contributed by atoms with van der Waals surface area (Å²) in [6, 6.07) is 15.8. The van der Waals surface area contributed by atoms with Gasteiger partial charge < -0.3 is 19.1 Å². The maximum absolute atomic E-state index is 12.8. The van der Waals surface area contributed by atoms with Crippen molar-refractivity contribution in [2.45, 2.75) is 6.54 Å². The van der Waals surface area contributed by atoms with Gasteiger partial charge in [0.05, 0.1) is 7.11 Å². The Morgan fingerprint density at radius 2 is 1.89 bits per heavy atom. The fourth-order valence-electron chi connectivity index (χ4n) is 3.58. The lowest BCUT2D eigenvalue weighted by Gasteiger charge is -2.36. The summed E-state index contributed by atoms with van der Waals surface area (Å²) >= 11 is 6.09.